The van der Waals surface area contributed by atoms with Crippen LogP contribution in [-0.4, -0.2) is 0 Å². The molecule has 0 aromatic carbocycles. The monoisotopic (exact) mass is 136 g/mol. The quantitative estimate of drug-likeness (QED) is 0.512. The Kier molecular flexibility index (Phi) is 2.38. The van der Waals surface area contributed by atoms with Crippen LogP contribution < -0.4 is 0 Å². The van der Waals surface area contributed by atoms with E-state index >= 15 is 0 Å². The smallest absolute Gasteiger partial charge is 0.0145 e. The number of hydrogen-bond donors (Lipinski definition) is 0. The van der Waals surface area contributed by atoms with Crippen LogP contribution in [0.5, 0.6) is 0 Å². The highest BCUT2D eigenvalue weighted by Crippen LogP contribution is 2.36. The summed E-state index contributed by atoms with van der Waals surface area (Å²) in [6, 6.07) is 0. The summed E-state index contributed by atoms with van der Waals surface area (Å²) in [7, 11) is 0. The van der Waals surface area contributed by atoms with Crippen LogP contribution in [0.4, 0.5) is 0 Å². The van der Waals surface area contributed by atoms with E-state index < -0.39 is 0 Å². The third-order valence-corrected chi connectivity index (χ3v) is 2.87. The first-order valence-corrected chi connectivity index (χ1v) is 4.29. The minimum absolute atomic E-state index is 0.589. The highest BCUT2D eigenvalue weighted by Gasteiger charge is 2.25. The largest absolute Gasteiger partial charge is 0.103 e. The molecule has 0 aromatic rings. The van der Waals surface area contributed by atoms with E-state index in [1.54, 1.807) is 0 Å². The standard InChI is InChI=1S/C10H16/c1-3-10(4-2)8-6-5-7-9-10/h3-4,6,8-9H2,1-2H3. The highest BCUT2D eigenvalue weighted by molar-refractivity contribution is 5.08. The molecule has 0 saturated heterocycles. The summed E-state index contributed by atoms with van der Waals surface area (Å²) in [6.45, 7) is 4.58. The van der Waals surface area contributed by atoms with Gasteiger partial charge < -0.3 is 0 Å². The van der Waals surface area contributed by atoms with Crippen molar-refractivity contribution >= 4 is 0 Å². The first-order valence-electron chi connectivity index (χ1n) is 4.29. The minimum Gasteiger partial charge on any atom is -0.103 e. The molecule has 1 aliphatic rings. The van der Waals surface area contributed by atoms with Gasteiger partial charge in [0.05, 0.1) is 0 Å². The average Bonchev–Trinajstić information content (AvgIpc) is 2.06. The van der Waals surface area contributed by atoms with Gasteiger partial charge in [0.2, 0.25) is 0 Å². The van der Waals surface area contributed by atoms with Gasteiger partial charge in [-0.25, -0.2) is 0 Å². The summed E-state index contributed by atoms with van der Waals surface area (Å²) in [5.41, 5.74) is 0.589. The Balaban J connectivity index is 2.59. The van der Waals surface area contributed by atoms with Crippen LogP contribution in [0.1, 0.15) is 46.0 Å². The summed E-state index contributed by atoms with van der Waals surface area (Å²) in [6.07, 6.45) is 6.20. The van der Waals surface area contributed by atoms with Crippen LogP contribution in [0.2, 0.25) is 0 Å². The van der Waals surface area contributed by atoms with Gasteiger partial charge in [0.1, 0.15) is 0 Å². The number of rotatable bonds is 2. The molecule has 1 aliphatic carbocycles. The second-order valence-corrected chi connectivity index (χ2v) is 3.24. The maximum Gasteiger partial charge on any atom is 0.0145 e. The van der Waals surface area contributed by atoms with Gasteiger partial charge in [-0.1, -0.05) is 13.8 Å². The van der Waals surface area contributed by atoms with Gasteiger partial charge in [-0.2, -0.15) is 0 Å². The van der Waals surface area contributed by atoms with Crippen molar-refractivity contribution in [1.29, 1.82) is 0 Å². The van der Waals surface area contributed by atoms with Crippen LogP contribution in [-0.2, 0) is 0 Å². The molecule has 0 nitrogen and oxygen atoms in total. The van der Waals surface area contributed by atoms with Crippen molar-refractivity contribution in [1.82, 2.24) is 0 Å². The molecule has 0 aliphatic heterocycles. The van der Waals surface area contributed by atoms with Gasteiger partial charge in [-0.3, -0.25) is 0 Å². The fourth-order valence-corrected chi connectivity index (χ4v) is 1.61. The molecule has 0 bridgehead atoms. The van der Waals surface area contributed by atoms with E-state index in [-0.39, 0.29) is 0 Å². The van der Waals surface area contributed by atoms with Gasteiger partial charge in [-0.15, -0.1) is 11.8 Å². The van der Waals surface area contributed by atoms with Crippen molar-refractivity contribution in [3.05, 3.63) is 0 Å². The van der Waals surface area contributed by atoms with Crippen LogP contribution in [0, 0.1) is 17.3 Å². The van der Waals surface area contributed by atoms with Crippen molar-refractivity contribution < 1.29 is 0 Å². The normalized spacial score (nSPS) is 21.4. The highest BCUT2D eigenvalue weighted by atomic mass is 14.3. The molecule has 0 atom stereocenters. The summed E-state index contributed by atoms with van der Waals surface area (Å²) in [4.78, 5) is 0. The molecule has 0 heteroatoms. The molecule has 10 heavy (non-hydrogen) atoms. The van der Waals surface area contributed by atoms with Gasteiger partial charge >= 0.3 is 0 Å². The second-order valence-electron chi connectivity index (χ2n) is 3.24. The molecule has 0 heterocycles. The Morgan fingerprint density at radius 3 is 2.20 bits per heavy atom. The van der Waals surface area contributed by atoms with E-state index in [4.69, 9.17) is 0 Å². The van der Waals surface area contributed by atoms with E-state index in [0.717, 1.165) is 12.8 Å². The Bertz CT molecular complexity index is 153. The molecular weight excluding hydrogens is 120 g/mol. The lowest BCUT2D eigenvalue weighted by Crippen LogP contribution is -2.19. The molecule has 0 unspecified atom stereocenters. The summed E-state index contributed by atoms with van der Waals surface area (Å²) >= 11 is 0. The average molecular weight is 136 g/mol. The first-order chi connectivity index (χ1) is 4.83. The van der Waals surface area contributed by atoms with E-state index in [1.807, 2.05) is 0 Å². The van der Waals surface area contributed by atoms with Gasteiger partial charge in [0.25, 0.3) is 0 Å². The zero-order valence-corrected chi connectivity index (χ0v) is 7.04. The molecule has 56 valence electrons. The van der Waals surface area contributed by atoms with Crippen LogP contribution in [0.3, 0.4) is 0 Å². The third kappa shape index (κ3) is 1.34. The van der Waals surface area contributed by atoms with Crippen molar-refractivity contribution in [3.8, 4) is 11.8 Å². The van der Waals surface area contributed by atoms with Crippen LogP contribution >= 0.6 is 0 Å². The Morgan fingerprint density at radius 2 is 1.90 bits per heavy atom. The zero-order valence-electron chi connectivity index (χ0n) is 7.04. The molecule has 1 rings (SSSR count). The van der Waals surface area contributed by atoms with Gasteiger partial charge in [-0.05, 0) is 24.7 Å². The van der Waals surface area contributed by atoms with Crippen LogP contribution in [0.25, 0.3) is 0 Å². The Labute approximate surface area is 64.0 Å². The lowest BCUT2D eigenvalue weighted by Gasteiger charge is -2.30. The molecule has 0 spiro atoms. The number of hydrogen-bond acceptors (Lipinski definition) is 0. The second kappa shape index (κ2) is 3.10. The van der Waals surface area contributed by atoms with Crippen molar-refractivity contribution in [2.24, 2.45) is 5.41 Å². The van der Waals surface area contributed by atoms with Crippen molar-refractivity contribution in [3.63, 3.8) is 0 Å². The summed E-state index contributed by atoms with van der Waals surface area (Å²) in [5, 5.41) is 0. The SMILES string of the molecule is CCC1(CC)CC#CCC1. The summed E-state index contributed by atoms with van der Waals surface area (Å²) in [5.74, 6) is 6.39. The molecule has 0 saturated carbocycles. The molecule has 0 radical (unpaired) electrons. The topological polar surface area (TPSA) is 0 Å². The fraction of sp³-hybridized carbons (Fsp3) is 0.800. The minimum atomic E-state index is 0.589. The molecule has 0 aromatic heterocycles. The molecule has 0 amide bonds. The zero-order chi connectivity index (χ0) is 7.45. The third-order valence-electron chi connectivity index (χ3n) is 2.87. The van der Waals surface area contributed by atoms with Crippen LogP contribution in [0.15, 0.2) is 0 Å². The maximum absolute atomic E-state index is 3.23. The predicted molar refractivity (Wildman–Crippen MR) is 44.6 cm³/mol. The van der Waals surface area contributed by atoms with Crippen molar-refractivity contribution in [2.45, 2.75) is 46.0 Å². The van der Waals surface area contributed by atoms with E-state index in [9.17, 15) is 0 Å². The maximum atomic E-state index is 3.23. The molecular formula is C10H16. The predicted octanol–water partition coefficient (Wildman–Crippen LogP) is 2.98. The van der Waals surface area contributed by atoms with Gasteiger partial charge in [0, 0.05) is 12.8 Å². The van der Waals surface area contributed by atoms with E-state index in [2.05, 4.69) is 25.7 Å². The lowest BCUT2D eigenvalue weighted by molar-refractivity contribution is 0.245. The van der Waals surface area contributed by atoms with Gasteiger partial charge in [0.15, 0.2) is 0 Å². The van der Waals surface area contributed by atoms with E-state index in [0.29, 0.717) is 5.41 Å². The molecule has 0 fully saturated rings. The Hall–Kier alpha value is -0.440. The fourth-order valence-electron chi connectivity index (χ4n) is 1.61. The Morgan fingerprint density at radius 1 is 1.20 bits per heavy atom. The van der Waals surface area contributed by atoms with Crippen molar-refractivity contribution in [2.75, 3.05) is 0 Å². The summed E-state index contributed by atoms with van der Waals surface area (Å²) < 4.78 is 0. The molecule has 0 N–H and O–H groups in total. The first kappa shape index (κ1) is 7.66. The van der Waals surface area contributed by atoms with E-state index in [1.165, 1.54) is 19.3 Å². The lowest BCUT2D eigenvalue weighted by atomic mass is 9.74.